The first-order valence-electron chi connectivity index (χ1n) is 7.88. The third-order valence-corrected chi connectivity index (χ3v) is 2.93. The number of anilines is 3. The summed E-state index contributed by atoms with van der Waals surface area (Å²) >= 11 is 0. The number of rotatable bonds is 11. The van der Waals surface area contributed by atoms with E-state index in [9.17, 15) is 10.1 Å². The molecule has 0 saturated heterocycles. The van der Waals surface area contributed by atoms with Crippen LogP contribution in [0.25, 0.3) is 0 Å². The quantitative estimate of drug-likeness (QED) is 0.232. The Balaban J connectivity index is 2.02. The summed E-state index contributed by atoms with van der Waals surface area (Å²) in [6, 6.07) is 2.68. The normalized spacial score (nSPS) is 10.8. The summed E-state index contributed by atoms with van der Waals surface area (Å²) in [7, 11) is 1.64. The zero-order valence-corrected chi connectivity index (χ0v) is 14.4. The molecule has 2 rings (SSSR count). The highest BCUT2D eigenvalue weighted by Gasteiger charge is 2.10. The van der Waals surface area contributed by atoms with Gasteiger partial charge in [-0.25, -0.2) is 5.43 Å². The summed E-state index contributed by atoms with van der Waals surface area (Å²) in [5, 5.41) is 20.6. The highest BCUT2D eigenvalue weighted by Crippen LogP contribution is 2.14. The number of aromatic nitrogens is 3. The predicted octanol–water partition coefficient (Wildman–Crippen LogP) is 1.70. The second kappa shape index (κ2) is 9.88. The van der Waals surface area contributed by atoms with E-state index in [2.05, 4.69) is 36.1 Å². The lowest BCUT2D eigenvalue weighted by Crippen LogP contribution is -2.12. The van der Waals surface area contributed by atoms with Gasteiger partial charge in [-0.2, -0.15) is 20.1 Å². The van der Waals surface area contributed by atoms with Gasteiger partial charge in [-0.3, -0.25) is 10.1 Å². The van der Waals surface area contributed by atoms with Crippen LogP contribution in [0.4, 0.5) is 23.7 Å². The Labute approximate surface area is 149 Å². The molecule has 0 fully saturated rings. The zero-order valence-electron chi connectivity index (χ0n) is 14.4. The molecule has 0 unspecified atom stereocenters. The maximum absolute atomic E-state index is 10.6. The van der Waals surface area contributed by atoms with Gasteiger partial charge in [-0.05, 0) is 19.4 Å². The zero-order chi connectivity index (χ0) is 18.8. The topological polar surface area (TPSA) is 153 Å². The maximum Gasteiger partial charge on any atom is 0.433 e. The van der Waals surface area contributed by atoms with Crippen LogP contribution < -0.4 is 16.1 Å². The van der Waals surface area contributed by atoms with Crippen molar-refractivity contribution in [3.05, 3.63) is 28.0 Å². The van der Waals surface area contributed by atoms with Crippen LogP contribution in [0, 0.1) is 10.1 Å². The van der Waals surface area contributed by atoms with E-state index in [1.54, 1.807) is 7.11 Å². The van der Waals surface area contributed by atoms with E-state index >= 15 is 0 Å². The number of furan rings is 1. The number of ether oxygens (including phenoxy) is 1. The Morgan fingerprint density at radius 3 is 2.65 bits per heavy atom. The molecular formula is C14H20N8O4. The van der Waals surface area contributed by atoms with E-state index in [4.69, 9.17) is 9.15 Å². The summed E-state index contributed by atoms with van der Waals surface area (Å²) < 4.78 is 9.96. The second-order valence-electron chi connectivity index (χ2n) is 4.91. The van der Waals surface area contributed by atoms with Gasteiger partial charge in [0.1, 0.15) is 4.92 Å². The van der Waals surface area contributed by atoms with Gasteiger partial charge in [-0.1, -0.05) is 0 Å². The lowest BCUT2D eigenvalue weighted by atomic mass is 10.4. The van der Waals surface area contributed by atoms with Gasteiger partial charge in [0.15, 0.2) is 5.76 Å². The molecule has 2 heterocycles. The minimum absolute atomic E-state index is 0.211. The Kier molecular flexibility index (Phi) is 7.24. The molecule has 0 aliphatic rings. The molecule has 0 spiro atoms. The van der Waals surface area contributed by atoms with Crippen molar-refractivity contribution in [3.8, 4) is 0 Å². The van der Waals surface area contributed by atoms with E-state index in [1.807, 2.05) is 6.92 Å². The van der Waals surface area contributed by atoms with Crippen LogP contribution in [0.5, 0.6) is 0 Å². The van der Waals surface area contributed by atoms with Crippen molar-refractivity contribution in [1.82, 2.24) is 15.0 Å². The van der Waals surface area contributed by atoms with Gasteiger partial charge in [0.05, 0.1) is 12.3 Å². The Morgan fingerprint density at radius 1 is 1.27 bits per heavy atom. The first kappa shape index (κ1) is 19.1. The van der Waals surface area contributed by atoms with Gasteiger partial charge < -0.3 is 19.8 Å². The van der Waals surface area contributed by atoms with Crippen LogP contribution >= 0.6 is 0 Å². The highest BCUT2D eigenvalue weighted by atomic mass is 16.6. The summed E-state index contributed by atoms with van der Waals surface area (Å²) in [6.07, 6.45) is 2.09. The van der Waals surface area contributed by atoms with Crippen molar-refractivity contribution in [2.24, 2.45) is 5.10 Å². The van der Waals surface area contributed by atoms with Gasteiger partial charge in [0, 0.05) is 26.8 Å². The monoisotopic (exact) mass is 364 g/mol. The fourth-order valence-corrected chi connectivity index (χ4v) is 1.82. The molecule has 0 atom stereocenters. The molecule has 0 amide bonds. The number of nitro groups is 1. The van der Waals surface area contributed by atoms with Gasteiger partial charge in [0.2, 0.25) is 17.8 Å². The molecule has 0 aliphatic heterocycles. The van der Waals surface area contributed by atoms with Crippen molar-refractivity contribution in [3.63, 3.8) is 0 Å². The fraction of sp³-hybridized carbons (Fsp3) is 0.429. The lowest BCUT2D eigenvalue weighted by Gasteiger charge is -2.08. The van der Waals surface area contributed by atoms with Crippen molar-refractivity contribution in [1.29, 1.82) is 0 Å². The molecule has 140 valence electrons. The average molecular weight is 364 g/mol. The smallest absolute Gasteiger partial charge is 0.400 e. The van der Waals surface area contributed by atoms with E-state index in [0.29, 0.717) is 31.6 Å². The SMILES string of the molecule is CCNc1nc(NCCCOC)nc(N/N=C/c2ccc([N+](=O)[O-])o2)n1. The molecule has 0 aliphatic carbocycles. The van der Waals surface area contributed by atoms with Crippen molar-refractivity contribution in [2.45, 2.75) is 13.3 Å². The summed E-state index contributed by atoms with van der Waals surface area (Å²) in [6.45, 7) is 3.83. The fourth-order valence-electron chi connectivity index (χ4n) is 1.82. The molecule has 2 aromatic heterocycles. The molecule has 26 heavy (non-hydrogen) atoms. The van der Waals surface area contributed by atoms with Gasteiger partial charge in [-0.15, -0.1) is 0 Å². The van der Waals surface area contributed by atoms with Crippen molar-refractivity contribution >= 4 is 29.9 Å². The highest BCUT2D eigenvalue weighted by molar-refractivity contribution is 5.76. The Hall–Kier alpha value is -3.28. The van der Waals surface area contributed by atoms with Crippen LogP contribution in [-0.2, 0) is 4.74 Å². The van der Waals surface area contributed by atoms with Crippen LogP contribution in [-0.4, -0.2) is 52.9 Å². The Bertz CT molecular complexity index is 748. The molecule has 0 aromatic carbocycles. The minimum atomic E-state index is -0.624. The molecule has 12 heteroatoms. The number of methoxy groups -OCH3 is 1. The number of hydrogen-bond acceptors (Lipinski definition) is 11. The molecule has 3 N–H and O–H groups in total. The van der Waals surface area contributed by atoms with E-state index in [0.717, 1.165) is 6.42 Å². The molecular weight excluding hydrogens is 344 g/mol. The van der Waals surface area contributed by atoms with Gasteiger partial charge >= 0.3 is 5.88 Å². The number of nitrogens with one attached hydrogen (secondary N) is 3. The predicted molar refractivity (Wildman–Crippen MR) is 95.6 cm³/mol. The van der Waals surface area contributed by atoms with E-state index in [1.165, 1.54) is 18.3 Å². The van der Waals surface area contributed by atoms with E-state index in [-0.39, 0.29) is 17.6 Å². The third-order valence-electron chi connectivity index (χ3n) is 2.93. The van der Waals surface area contributed by atoms with Gasteiger partial charge in [0.25, 0.3) is 0 Å². The van der Waals surface area contributed by atoms with Crippen LogP contribution in [0.2, 0.25) is 0 Å². The number of hydrogen-bond donors (Lipinski definition) is 3. The average Bonchev–Trinajstić information content (AvgIpc) is 3.08. The molecule has 12 nitrogen and oxygen atoms in total. The minimum Gasteiger partial charge on any atom is -0.400 e. The Morgan fingerprint density at radius 2 is 2.00 bits per heavy atom. The van der Waals surface area contributed by atoms with E-state index < -0.39 is 4.92 Å². The number of hydrazone groups is 1. The first-order valence-corrected chi connectivity index (χ1v) is 7.88. The standard InChI is InChI=1S/C14H20N8O4/c1-3-15-12-18-13(16-7-4-8-25-2)20-14(19-12)21-17-9-10-5-6-11(26-10)22(23)24/h5-6,9H,3-4,7-8H2,1-2H3,(H3,15,16,18,19,20,21)/b17-9+. The summed E-state index contributed by atoms with van der Waals surface area (Å²) in [5.74, 6) is 0.857. The first-order chi connectivity index (χ1) is 12.6. The van der Waals surface area contributed by atoms with Crippen LogP contribution in [0.15, 0.2) is 21.7 Å². The molecule has 2 aromatic rings. The molecule has 0 bridgehead atoms. The van der Waals surface area contributed by atoms with Crippen LogP contribution in [0.1, 0.15) is 19.1 Å². The maximum atomic E-state index is 10.6. The second-order valence-corrected chi connectivity index (χ2v) is 4.91. The van der Waals surface area contributed by atoms with Crippen molar-refractivity contribution in [2.75, 3.05) is 42.9 Å². The summed E-state index contributed by atoms with van der Waals surface area (Å²) in [4.78, 5) is 22.6. The lowest BCUT2D eigenvalue weighted by molar-refractivity contribution is -0.402. The van der Waals surface area contributed by atoms with Crippen LogP contribution in [0.3, 0.4) is 0 Å². The largest absolute Gasteiger partial charge is 0.433 e. The third kappa shape index (κ3) is 5.98. The van der Waals surface area contributed by atoms with Crippen molar-refractivity contribution < 1.29 is 14.1 Å². The molecule has 0 radical (unpaired) electrons. The summed E-state index contributed by atoms with van der Waals surface area (Å²) in [5.41, 5.74) is 2.65. The molecule has 0 saturated carbocycles. The number of nitrogens with zero attached hydrogens (tertiary/aromatic N) is 5.